The van der Waals surface area contributed by atoms with E-state index in [1.54, 1.807) is 16.0 Å². The Kier molecular flexibility index (Phi) is 4.95. The maximum Gasteiger partial charge on any atom is 0.242 e. The van der Waals surface area contributed by atoms with E-state index >= 15 is 0 Å². The Bertz CT molecular complexity index is 415. The average Bonchev–Trinajstić information content (AvgIpc) is 2.30. The number of anilines is 2. The van der Waals surface area contributed by atoms with Gasteiger partial charge in [-0.25, -0.2) is 4.98 Å². The molecular weight excluding hydrogens is 228 g/mol. The number of pyridine rings is 1. The predicted molar refractivity (Wildman–Crippen MR) is 74.6 cm³/mol. The van der Waals surface area contributed by atoms with Gasteiger partial charge < -0.3 is 15.5 Å². The van der Waals surface area contributed by atoms with Crippen LogP contribution in [0.25, 0.3) is 0 Å². The van der Waals surface area contributed by atoms with Gasteiger partial charge in [0.2, 0.25) is 5.91 Å². The fourth-order valence-electron chi connectivity index (χ4n) is 1.86. The van der Waals surface area contributed by atoms with Crippen LogP contribution in [0.3, 0.4) is 0 Å². The molecule has 0 atom stereocenters. The smallest absolute Gasteiger partial charge is 0.242 e. The molecule has 0 aromatic carbocycles. The Hall–Kier alpha value is -1.78. The Labute approximate surface area is 109 Å². The first-order valence-corrected chi connectivity index (χ1v) is 6.20. The van der Waals surface area contributed by atoms with Gasteiger partial charge in [0.1, 0.15) is 0 Å². The summed E-state index contributed by atoms with van der Waals surface area (Å²) in [5.41, 5.74) is 7.53. The standard InChI is InChI=1S/C13H22N4O/c1-5-17(6-2)12(18)9-16(4)13-11(14)7-10(3)8-15-13/h7-8H,5-6,9,14H2,1-4H3. The molecule has 1 heterocycles. The number of aromatic nitrogens is 1. The zero-order valence-electron chi connectivity index (χ0n) is 11.6. The van der Waals surface area contributed by atoms with E-state index in [4.69, 9.17) is 5.73 Å². The lowest BCUT2D eigenvalue weighted by Crippen LogP contribution is -2.39. The molecule has 0 saturated carbocycles. The third-order valence-corrected chi connectivity index (χ3v) is 2.88. The molecule has 1 aromatic heterocycles. The van der Waals surface area contributed by atoms with Crippen LogP contribution in [-0.2, 0) is 4.79 Å². The van der Waals surface area contributed by atoms with Crippen molar-refractivity contribution in [2.24, 2.45) is 0 Å². The third-order valence-electron chi connectivity index (χ3n) is 2.88. The highest BCUT2D eigenvalue weighted by molar-refractivity contribution is 5.82. The van der Waals surface area contributed by atoms with Crippen LogP contribution in [-0.4, -0.2) is 42.5 Å². The van der Waals surface area contributed by atoms with Gasteiger partial charge in [0, 0.05) is 26.3 Å². The van der Waals surface area contributed by atoms with E-state index in [0.29, 0.717) is 18.1 Å². The van der Waals surface area contributed by atoms with Crippen LogP contribution in [0.5, 0.6) is 0 Å². The number of carbonyl (C=O) groups excluding carboxylic acids is 1. The summed E-state index contributed by atoms with van der Waals surface area (Å²) in [6.45, 7) is 7.62. The summed E-state index contributed by atoms with van der Waals surface area (Å²) in [5.74, 6) is 0.741. The number of rotatable bonds is 5. The second-order valence-corrected chi connectivity index (χ2v) is 4.35. The maximum absolute atomic E-state index is 12.0. The van der Waals surface area contributed by atoms with Crippen molar-refractivity contribution in [3.63, 3.8) is 0 Å². The molecule has 2 N–H and O–H groups in total. The van der Waals surface area contributed by atoms with Crippen molar-refractivity contribution in [1.29, 1.82) is 0 Å². The van der Waals surface area contributed by atoms with E-state index < -0.39 is 0 Å². The Morgan fingerprint density at radius 1 is 1.39 bits per heavy atom. The fraction of sp³-hybridized carbons (Fsp3) is 0.538. The topological polar surface area (TPSA) is 62.5 Å². The summed E-state index contributed by atoms with van der Waals surface area (Å²) >= 11 is 0. The molecule has 1 rings (SSSR count). The molecule has 1 amide bonds. The van der Waals surface area contributed by atoms with E-state index in [9.17, 15) is 4.79 Å². The van der Waals surface area contributed by atoms with E-state index in [2.05, 4.69) is 4.98 Å². The lowest BCUT2D eigenvalue weighted by atomic mass is 10.2. The van der Waals surface area contributed by atoms with E-state index in [0.717, 1.165) is 18.7 Å². The van der Waals surface area contributed by atoms with Gasteiger partial charge in [-0.05, 0) is 32.4 Å². The first-order chi connectivity index (χ1) is 8.49. The summed E-state index contributed by atoms with van der Waals surface area (Å²) in [6.07, 6.45) is 1.75. The first-order valence-electron chi connectivity index (χ1n) is 6.20. The van der Waals surface area contributed by atoms with Gasteiger partial charge in [-0.1, -0.05) is 0 Å². The van der Waals surface area contributed by atoms with E-state index in [1.165, 1.54) is 0 Å². The molecule has 0 bridgehead atoms. The second-order valence-electron chi connectivity index (χ2n) is 4.35. The van der Waals surface area contributed by atoms with Crippen molar-refractivity contribution in [3.05, 3.63) is 17.8 Å². The van der Waals surface area contributed by atoms with Crippen molar-refractivity contribution in [3.8, 4) is 0 Å². The van der Waals surface area contributed by atoms with Crippen molar-refractivity contribution in [2.75, 3.05) is 37.3 Å². The van der Waals surface area contributed by atoms with Crippen LogP contribution in [0.1, 0.15) is 19.4 Å². The summed E-state index contributed by atoms with van der Waals surface area (Å²) < 4.78 is 0. The number of hydrogen-bond donors (Lipinski definition) is 1. The Balaban J connectivity index is 2.76. The van der Waals surface area contributed by atoms with Crippen LogP contribution < -0.4 is 10.6 Å². The minimum atomic E-state index is 0.0873. The van der Waals surface area contributed by atoms with Gasteiger partial charge in [0.25, 0.3) is 0 Å². The molecule has 0 unspecified atom stereocenters. The highest BCUT2D eigenvalue weighted by Crippen LogP contribution is 2.19. The highest BCUT2D eigenvalue weighted by atomic mass is 16.2. The van der Waals surface area contributed by atoms with Gasteiger partial charge in [0.05, 0.1) is 12.2 Å². The monoisotopic (exact) mass is 250 g/mol. The molecule has 1 aromatic rings. The number of nitrogens with zero attached hydrogens (tertiary/aromatic N) is 3. The van der Waals surface area contributed by atoms with Crippen LogP contribution >= 0.6 is 0 Å². The Morgan fingerprint density at radius 2 is 2.00 bits per heavy atom. The van der Waals surface area contributed by atoms with Crippen LogP contribution in [0, 0.1) is 6.92 Å². The van der Waals surface area contributed by atoms with Gasteiger partial charge in [0.15, 0.2) is 5.82 Å². The molecule has 100 valence electrons. The van der Waals surface area contributed by atoms with Crippen molar-refractivity contribution in [1.82, 2.24) is 9.88 Å². The maximum atomic E-state index is 12.0. The molecular formula is C13H22N4O. The first kappa shape index (κ1) is 14.3. The minimum Gasteiger partial charge on any atom is -0.396 e. The zero-order chi connectivity index (χ0) is 13.7. The normalized spacial score (nSPS) is 10.2. The number of nitrogen functional groups attached to an aromatic ring is 1. The Morgan fingerprint density at radius 3 is 2.50 bits per heavy atom. The molecule has 0 radical (unpaired) electrons. The molecule has 5 heteroatoms. The van der Waals surface area contributed by atoms with Gasteiger partial charge in [-0.2, -0.15) is 0 Å². The summed E-state index contributed by atoms with van der Waals surface area (Å²) in [4.78, 5) is 19.8. The van der Waals surface area contributed by atoms with E-state index in [-0.39, 0.29) is 5.91 Å². The summed E-state index contributed by atoms with van der Waals surface area (Å²) in [7, 11) is 1.83. The SMILES string of the molecule is CCN(CC)C(=O)CN(C)c1ncc(C)cc1N. The summed E-state index contributed by atoms with van der Waals surface area (Å²) in [6, 6.07) is 1.86. The van der Waals surface area contributed by atoms with Gasteiger partial charge in [-0.3, -0.25) is 4.79 Å². The average molecular weight is 250 g/mol. The van der Waals surface area contributed by atoms with Gasteiger partial charge in [-0.15, -0.1) is 0 Å². The molecule has 0 saturated heterocycles. The largest absolute Gasteiger partial charge is 0.396 e. The van der Waals surface area contributed by atoms with Crippen molar-refractivity contribution in [2.45, 2.75) is 20.8 Å². The number of carbonyl (C=O) groups is 1. The number of amides is 1. The molecule has 0 aliphatic heterocycles. The molecule has 0 aliphatic carbocycles. The lowest BCUT2D eigenvalue weighted by Gasteiger charge is -2.24. The van der Waals surface area contributed by atoms with E-state index in [1.807, 2.05) is 33.9 Å². The molecule has 5 nitrogen and oxygen atoms in total. The van der Waals surface area contributed by atoms with Gasteiger partial charge >= 0.3 is 0 Å². The number of aryl methyl sites for hydroxylation is 1. The number of hydrogen-bond acceptors (Lipinski definition) is 4. The molecule has 18 heavy (non-hydrogen) atoms. The van der Waals surface area contributed by atoms with Crippen LogP contribution in [0.4, 0.5) is 11.5 Å². The minimum absolute atomic E-state index is 0.0873. The van der Waals surface area contributed by atoms with Crippen LogP contribution in [0.15, 0.2) is 12.3 Å². The molecule has 0 fully saturated rings. The fourth-order valence-corrected chi connectivity index (χ4v) is 1.86. The van der Waals surface area contributed by atoms with Crippen molar-refractivity contribution < 1.29 is 4.79 Å². The number of likely N-dealkylation sites (N-methyl/N-ethyl adjacent to an activating group) is 2. The van der Waals surface area contributed by atoms with Crippen LogP contribution in [0.2, 0.25) is 0 Å². The zero-order valence-corrected chi connectivity index (χ0v) is 11.6. The van der Waals surface area contributed by atoms with Crippen molar-refractivity contribution >= 4 is 17.4 Å². The second kappa shape index (κ2) is 6.23. The quantitative estimate of drug-likeness (QED) is 0.855. The third kappa shape index (κ3) is 3.35. The summed E-state index contributed by atoms with van der Waals surface area (Å²) in [5, 5.41) is 0. The predicted octanol–water partition coefficient (Wildman–Crippen LogP) is 1.28. The molecule has 0 spiro atoms. The highest BCUT2D eigenvalue weighted by Gasteiger charge is 2.15. The molecule has 0 aliphatic rings. The lowest BCUT2D eigenvalue weighted by molar-refractivity contribution is -0.129. The number of nitrogens with two attached hydrogens (primary N) is 1.